The summed E-state index contributed by atoms with van der Waals surface area (Å²) in [4.78, 5) is 12.0. The van der Waals surface area contributed by atoms with Crippen molar-refractivity contribution in [1.29, 1.82) is 0 Å². The molecule has 0 aliphatic carbocycles. The Balaban J connectivity index is 2.60. The topological polar surface area (TPSA) is 157 Å². The second-order valence-electron chi connectivity index (χ2n) is 7.05. The fourth-order valence-corrected chi connectivity index (χ4v) is 2.56. The minimum absolute atomic E-state index is 0.0208. The fourth-order valence-electron chi connectivity index (χ4n) is 2.56. The molecule has 0 spiro atoms. The highest BCUT2D eigenvalue weighted by atomic mass is 16.7. The largest absolute Gasteiger partial charge is 0.396 e. The van der Waals surface area contributed by atoms with E-state index < -0.39 is 48.8 Å². The Kier molecular flexibility index (Phi) is 8.85. The average Bonchev–Trinajstić information content (AvgIpc) is 2.58. The summed E-state index contributed by atoms with van der Waals surface area (Å²) in [5.41, 5.74) is -0.991. The van der Waals surface area contributed by atoms with E-state index in [0.29, 0.717) is 12.8 Å². The van der Waals surface area contributed by atoms with Gasteiger partial charge in [0.05, 0.1) is 13.2 Å². The van der Waals surface area contributed by atoms with Crippen molar-refractivity contribution in [2.24, 2.45) is 5.41 Å². The lowest BCUT2D eigenvalue weighted by atomic mass is 9.84. The van der Waals surface area contributed by atoms with Crippen molar-refractivity contribution in [1.82, 2.24) is 0 Å². The highest BCUT2D eigenvalue weighted by Crippen LogP contribution is 2.27. The van der Waals surface area contributed by atoms with Crippen LogP contribution in [-0.2, 0) is 14.3 Å². The maximum Gasteiger partial charge on any atom is 0.186 e. The third-order valence-corrected chi connectivity index (χ3v) is 4.34. The van der Waals surface area contributed by atoms with Crippen LogP contribution < -0.4 is 0 Å². The van der Waals surface area contributed by atoms with Crippen molar-refractivity contribution < 1.29 is 44.9 Å². The van der Waals surface area contributed by atoms with E-state index in [9.17, 15) is 25.2 Å². The molecule has 6 atom stereocenters. The van der Waals surface area contributed by atoms with E-state index in [-0.39, 0.29) is 25.4 Å². The molecule has 1 aliphatic rings. The van der Waals surface area contributed by atoms with Gasteiger partial charge in [-0.15, -0.1) is 0 Å². The van der Waals surface area contributed by atoms with E-state index >= 15 is 0 Å². The van der Waals surface area contributed by atoms with Gasteiger partial charge in [0.1, 0.15) is 30.5 Å². The third-order valence-electron chi connectivity index (χ3n) is 4.34. The lowest BCUT2D eigenvalue weighted by Gasteiger charge is -2.41. The molecule has 0 saturated carbocycles. The molecule has 6 N–H and O–H groups in total. The standard InChI is InChI=1S/C16H30O9/c1-16(2,14(23)9(19)5-3-4-6-17)8-24-15-13(22)12(21)11(20)10(7-18)25-15/h10-15,17-18,20-23H,3-8H2,1-2H3/t10?,11-,12-,13?,14-,15+/m0/s1. The van der Waals surface area contributed by atoms with Crippen LogP contribution in [0.1, 0.15) is 33.1 Å². The van der Waals surface area contributed by atoms with Gasteiger partial charge in [-0.25, -0.2) is 0 Å². The molecule has 1 fully saturated rings. The van der Waals surface area contributed by atoms with E-state index in [1.807, 2.05) is 0 Å². The SMILES string of the molecule is CC(C)(CO[C@@H]1OC(CO)[C@H](O)[C@H](O)C1O)[C@@H](O)C(=O)CCCCO. The molecule has 25 heavy (non-hydrogen) atoms. The predicted molar refractivity (Wildman–Crippen MR) is 85.5 cm³/mol. The summed E-state index contributed by atoms with van der Waals surface area (Å²) in [5, 5.41) is 57.4. The first-order valence-corrected chi connectivity index (χ1v) is 8.39. The van der Waals surface area contributed by atoms with Crippen molar-refractivity contribution in [2.45, 2.75) is 69.9 Å². The minimum Gasteiger partial charge on any atom is -0.396 e. The summed E-state index contributed by atoms with van der Waals surface area (Å²) >= 11 is 0. The Bertz CT molecular complexity index is 412. The number of hydrogen-bond acceptors (Lipinski definition) is 9. The molecule has 0 amide bonds. The summed E-state index contributed by atoms with van der Waals surface area (Å²) in [6, 6.07) is 0. The van der Waals surface area contributed by atoms with Gasteiger partial charge >= 0.3 is 0 Å². The number of unbranched alkanes of at least 4 members (excludes halogenated alkanes) is 1. The van der Waals surface area contributed by atoms with Crippen LogP contribution in [0.15, 0.2) is 0 Å². The van der Waals surface area contributed by atoms with Crippen LogP contribution in [0.3, 0.4) is 0 Å². The van der Waals surface area contributed by atoms with Crippen LogP contribution in [0.2, 0.25) is 0 Å². The lowest BCUT2D eigenvalue weighted by molar-refractivity contribution is -0.306. The second kappa shape index (κ2) is 9.89. The smallest absolute Gasteiger partial charge is 0.186 e. The molecule has 9 nitrogen and oxygen atoms in total. The second-order valence-corrected chi connectivity index (χ2v) is 7.05. The molecule has 1 heterocycles. The van der Waals surface area contributed by atoms with Crippen LogP contribution in [0.4, 0.5) is 0 Å². The molecule has 0 aromatic carbocycles. The number of ketones is 1. The molecule has 1 rings (SSSR count). The van der Waals surface area contributed by atoms with Crippen LogP contribution in [0.5, 0.6) is 0 Å². The highest BCUT2D eigenvalue weighted by molar-refractivity contribution is 5.83. The summed E-state index contributed by atoms with van der Waals surface area (Å²) in [6.07, 6.45) is -7.21. The molecule has 0 aromatic rings. The maximum atomic E-state index is 12.0. The van der Waals surface area contributed by atoms with Crippen LogP contribution in [0.25, 0.3) is 0 Å². The van der Waals surface area contributed by atoms with Crippen molar-refractivity contribution in [3.8, 4) is 0 Å². The molecule has 9 heteroatoms. The number of Topliss-reactive ketones (excluding diaryl/α,β-unsaturated/α-hetero) is 1. The molecule has 1 saturated heterocycles. The monoisotopic (exact) mass is 366 g/mol. The Hall–Kier alpha value is -0.650. The highest BCUT2D eigenvalue weighted by Gasteiger charge is 2.45. The summed E-state index contributed by atoms with van der Waals surface area (Å²) < 4.78 is 10.6. The van der Waals surface area contributed by atoms with Crippen molar-refractivity contribution in [2.75, 3.05) is 19.8 Å². The number of ether oxygens (including phenoxy) is 2. The number of carbonyl (C=O) groups is 1. The quantitative estimate of drug-likeness (QED) is 0.239. The van der Waals surface area contributed by atoms with Gasteiger partial charge in [-0.05, 0) is 12.8 Å². The van der Waals surface area contributed by atoms with Gasteiger partial charge in [0.2, 0.25) is 0 Å². The van der Waals surface area contributed by atoms with Gasteiger partial charge in [0.15, 0.2) is 12.1 Å². The maximum absolute atomic E-state index is 12.0. The number of hydrogen-bond donors (Lipinski definition) is 6. The average molecular weight is 366 g/mol. The molecule has 0 radical (unpaired) electrons. The van der Waals surface area contributed by atoms with Gasteiger partial charge in [0.25, 0.3) is 0 Å². The van der Waals surface area contributed by atoms with E-state index in [4.69, 9.17) is 19.7 Å². The normalized spacial score (nSPS) is 31.8. The summed E-state index contributed by atoms with van der Waals surface area (Å²) in [7, 11) is 0. The zero-order chi connectivity index (χ0) is 19.2. The first-order chi connectivity index (χ1) is 11.7. The zero-order valence-corrected chi connectivity index (χ0v) is 14.6. The number of aliphatic hydroxyl groups is 6. The first kappa shape index (κ1) is 22.4. The van der Waals surface area contributed by atoms with Crippen LogP contribution in [0, 0.1) is 5.41 Å². The van der Waals surface area contributed by atoms with Crippen LogP contribution >= 0.6 is 0 Å². The number of carbonyl (C=O) groups excluding carboxylic acids is 1. The number of aliphatic hydroxyl groups excluding tert-OH is 6. The Morgan fingerprint density at radius 3 is 2.32 bits per heavy atom. The number of rotatable bonds is 10. The molecular weight excluding hydrogens is 336 g/mol. The molecule has 0 bridgehead atoms. The van der Waals surface area contributed by atoms with Gasteiger partial charge < -0.3 is 40.1 Å². The van der Waals surface area contributed by atoms with E-state index in [1.165, 1.54) is 0 Å². The fraction of sp³-hybridized carbons (Fsp3) is 0.938. The lowest BCUT2D eigenvalue weighted by Crippen LogP contribution is -2.59. The van der Waals surface area contributed by atoms with Gasteiger partial charge in [-0.3, -0.25) is 4.79 Å². The summed E-state index contributed by atoms with van der Waals surface area (Å²) in [5.74, 6) is -0.379. The van der Waals surface area contributed by atoms with Gasteiger partial charge in [-0.2, -0.15) is 0 Å². The van der Waals surface area contributed by atoms with E-state index in [0.717, 1.165) is 0 Å². The Morgan fingerprint density at radius 1 is 1.12 bits per heavy atom. The summed E-state index contributed by atoms with van der Waals surface area (Å²) in [6.45, 7) is 2.45. The molecule has 0 aromatic heterocycles. The molecule has 2 unspecified atom stereocenters. The molecule has 1 aliphatic heterocycles. The zero-order valence-electron chi connectivity index (χ0n) is 14.6. The molecule has 148 valence electrons. The minimum atomic E-state index is -1.55. The predicted octanol–water partition coefficient (Wildman–Crippen LogP) is -2.08. The third kappa shape index (κ3) is 5.93. The Labute approximate surface area is 146 Å². The molecular formula is C16H30O9. The van der Waals surface area contributed by atoms with E-state index in [2.05, 4.69) is 0 Å². The van der Waals surface area contributed by atoms with E-state index in [1.54, 1.807) is 13.8 Å². The van der Waals surface area contributed by atoms with Gasteiger partial charge in [0, 0.05) is 18.4 Å². The van der Waals surface area contributed by atoms with Crippen molar-refractivity contribution in [3.05, 3.63) is 0 Å². The van der Waals surface area contributed by atoms with Crippen molar-refractivity contribution >= 4 is 5.78 Å². The van der Waals surface area contributed by atoms with Gasteiger partial charge in [-0.1, -0.05) is 13.8 Å². The van der Waals surface area contributed by atoms with Crippen LogP contribution in [-0.4, -0.2) is 93.1 Å². The first-order valence-electron chi connectivity index (χ1n) is 8.39. The Morgan fingerprint density at radius 2 is 1.76 bits per heavy atom. The van der Waals surface area contributed by atoms with Crippen molar-refractivity contribution in [3.63, 3.8) is 0 Å².